The van der Waals surface area contributed by atoms with Crippen LogP contribution in [-0.2, 0) is 22.6 Å². The number of anilines is 2. The number of ether oxygens (including phenoxy) is 1. The fraction of sp³-hybridized carbons (Fsp3) is 0.421. The normalized spacial score (nSPS) is 11.8. The summed E-state index contributed by atoms with van der Waals surface area (Å²) >= 11 is 0. The molecule has 28 heavy (non-hydrogen) atoms. The van der Waals surface area contributed by atoms with Gasteiger partial charge in [0.1, 0.15) is 11.5 Å². The molecule has 0 aliphatic heterocycles. The molecule has 0 spiro atoms. The number of rotatable bonds is 10. The van der Waals surface area contributed by atoms with Gasteiger partial charge in [-0.2, -0.15) is 0 Å². The number of nitrogens with zero attached hydrogens (tertiary/aromatic N) is 1. The lowest BCUT2D eigenvalue weighted by atomic mass is 10.1. The zero-order valence-corrected chi connectivity index (χ0v) is 16.4. The van der Waals surface area contributed by atoms with E-state index in [1.165, 1.54) is 11.7 Å². The molecule has 1 aromatic heterocycles. The third-order valence-electron chi connectivity index (χ3n) is 4.23. The summed E-state index contributed by atoms with van der Waals surface area (Å²) in [5.41, 5.74) is -0.114. The molecule has 0 aliphatic carbocycles. The van der Waals surface area contributed by atoms with E-state index in [4.69, 9.17) is 4.74 Å². The Morgan fingerprint density at radius 1 is 1.25 bits per heavy atom. The second-order valence-corrected chi connectivity index (χ2v) is 6.41. The molecule has 1 heterocycles. The number of hydrogen-bond acceptors (Lipinski definition) is 6. The van der Waals surface area contributed by atoms with Crippen LogP contribution in [0.15, 0.2) is 39.9 Å². The van der Waals surface area contributed by atoms with Crippen LogP contribution in [0, 0.1) is 5.92 Å². The Kier molecular flexibility index (Phi) is 7.97. The third-order valence-corrected chi connectivity index (χ3v) is 4.23. The van der Waals surface area contributed by atoms with Crippen molar-refractivity contribution in [3.05, 3.63) is 56.7 Å². The van der Waals surface area contributed by atoms with Gasteiger partial charge in [0.05, 0.1) is 13.2 Å². The average molecular weight is 389 g/mol. The van der Waals surface area contributed by atoms with E-state index in [0.717, 1.165) is 5.56 Å². The molecule has 2 aromatic rings. The average Bonchev–Trinajstić information content (AvgIpc) is 2.68. The largest absolute Gasteiger partial charge is 0.383 e. The van der Waals surface area contributed by atoms with Crippen molar-refractivity contribution in [1.29, 1.82) is 0 Å². The molecule has 1 amide bonds. The molecule has 9 nitrogen and oxygen atoms in total. The van der Waals surface area contributed by atoms with Crippen LogP contribution in [0.4, 0.5) is 11.5 Å². The number of aromatic nitrogens is 2. The van der Waals surface area contributed by atoms with Crippen LogP contribution in [-0.4, -0.2) is 42.8 Å². The lowest BCUT2D eigenvalue weighted by Crippen LogP contribution is -2.37. The molecule has 0 radical (unpaired) electrons. The van der Waals surface area contributed by atoms with E-state index in [1.54, 1.807) is 14.0 Å². The monoisotopic (exact) mass is 389 g/mol. The molecule has 0 saturated carbocycles. The maximum absolute atomic E-state index is 12.5. The number of H-pyrrole nitrogens is 1. The van der Waals surface area contributed by atoms with Gasteiger partial charge >= 0.3 is 5.69 Å². The lowest BCUT2D eigenvalue weighted by Gasteiger charge is -2.19. The van der Waals surface area contributed by atoms with Crippen LogP contribution < -0.4 is 27.2 Å². The van der Waals surface area contributed by atoms with Crippen LogP contribution in [0.25, 0.3) is 0 Å². The first-order chi connectivity index (χ1) is 13.5. The van der Waals surface area contributed by atoms with Crippen molar-refractivity contribution in [2.75, 3.05) is 37.9 Å². The van der Waals surface area contributed by atoms with Crippen molar-refractivity contribution in [3.63, 3.8) is 0 Å². The molecule has 1 atom stereocenters. The summed E-state index contributed by atoms with van der Waals surface area (Å²) in [6.45, 7) is 3.01. The zero-order chi connectivity index (χ0) is 20.5. The molecule has 2 rings (SSSR count). The van der Waals surface area contributed by atoms with Crippen LogP contribution in [0.2, 0.25) is 0 Å². The van der Waals surface area contributed by atoms with Gasteiger partial charge in [-0.05, 0) is 12.6 Å². The summed E-state index contributed by atoms with van der Waals surface area (Å²) in [7, 11) is 3.26. The molecule has 4 N–H and O–H groups in total. The Bertz CT molecular complexity index is 891. The summed E-state index contributed by atoms with van der Waals surface area (Å²) in [4.78, 5) is 39.6. The number of hydrogen-bond donors (Lipinski definition) is 4. The number of carbonyl (C=O) groups excluding carboxylic acids is 1. The zero-order valence-electron chi connectivity index (χ0n) is 16.4. The molecule has 1 unspecified atom stereocenters. The summed E-state index contributed by atoms with van der Waals surface area (Å²) in [6.07, 6.45) is 0. The second-order valence-electron chi connectivity index (χ2n) is 6.41. The predicted octanol–water partition coefficient (Wildman–Crippen LogP) is 0.589. The number of nitrogens with one attached hydrogen (secondary N) is 4. The van der Waals surface area contributed by atoms with E-state index in [2.05, 4.69) is 20.9 Å². The van der Waals surface area contributed by atoms with Crippen LogP contribution in [0.3, 0.4) is 0 Å². The highest BCUT2D eigenvalue weighted by Gasteiger charge is 2.20. The first kappa shape index (κ1) is 21.4. The topological polar surface area (TPSA) is 117 Å². The first-order valence-electron chi connectivity index (χ1n) is 9.07. The van der Waals surface area contributed by atoms with E-state index < -0.39 is 11.2 Å². The van der Waals surface area contributed by atoms with Crippen molar-refractivity contribution in [3.8, 4) is 0 Å². The Morgan fingerprint density at radius 3 is 2.61 bits per heavy atom. The molecule has 152 valence electrons. The number of aromatic amines is 1. The maximum Gasteiger partial charge on any atom is 0.330 e. The molecule has 0 bridgehead atoms. The van der Waals surface area contributed by atoms with Crippen molar-refractivity contribution < 1.29 is 9.53 Å². The van der Waals surface area contributed by atoms with Crippen LogP contribution in [0.5, 0.6) is 0 Å². The van der Waals surface area contributed by atoms with E-state index in [9.17, 15) is 14.4 Å². The minimum absolute atomic E-state index is 0.129. The van der Waals surface area contributed by atoms with Gasteiger partial charge in [-0.1, -0.05) is 37.3 Å². The smallest absolute Gasteiger partial charge is 0.330 e. The Hall–Kier alpha value is -2.91. The molecular formula is C19H27N5O4. The fourth-order valence-electron chi connectivity index (χ4n) is 2.69. The van der Waals surface area contributed by atoms with E-state index in [1.807, 2.05) is 30.3 Å². The van der Waals surface area contributed by atoms with Gasteiger partial charge in [-0.3, -0.25) is 19.1 Å². The standard InChI is InChI=1S/C19H27N5O4/c1-13(11-20-2)17(25)22-16-15(21-12-14-7-5-4-6-8-14)18(26)23-19(27)24(16)9-10-28-3/h4-8,13,20-21H,9-12H2,1-3H3,(H,22,25)(H,23,26,27). The first-order valence-corrected chi connectivity index (χ1v) is 9.07. The van der Waals surface area contributed by atoms with Crippen molar-refractivity contribution >= 4 is 17.4 Å². The predicted molar refractivity (Wildman–Crippen MR) is 109 cm³/mol. The van der Waals surface area contributed by atoms with Crippen LogP contribution in [0.1, 0.15) is 12.5 Å². The van der Waals surface area contributed by atoms with E-state index in [0.29, 0.717) is 13.1 Å². The second kappa shape index (κ2) is 10.4. The maximum atomic E-state index is 12.5. The minimum Gasteiger partial charge on any atom is -0.383 e. The summed E-state index contributed by atoms with van der Waals surface area (Å²) in [6, 6.07) is 9.51. The molecule has 9 heteroatoms. The minimum atomic E-state index is -0.608. The summed E-state index contributed by atoms with van der Waals surface area (Å²) in [5, 5.41) is 8.71. The van der Waals surface area contributed by atoms with Crippen LogP contribution >= 0.6 is 0 Å². The highest BCUT2D eigenvalue weighted by Crippen LogP contribution is 2.17. The quantitative estimate of drug-likeness (QED) is 0.472. The van der Waals surface area contributed by atoms with Crippen molar-refractivity contribution in [1.82, 2.24) is 14.9 Å². The third kappa shape index (κ3) is 5.54. The fourth-order valence-corrected chi connectivity index (χ4v) is 2.69. The number of amides is 1. The Morgan fingerprint density at radius 2 is 1.96 bits per heavy atom. The molecule has 0 saturated heterocycles. The highest BCUT2D eigenvalue weighted by atomic mass is 16.5. The molecule has 0 aliphatic rings. The van der Waals surface area contributed by atoms with Gasteiger partial charge in [0, 0.05) is 26.1 Å². The van der Waals surface area contributed by atoms with E-state index >= 15 is 0 Å². The van der Waals surface area contributed by atoms with Gasteiger partial charge in [0.25, 0.3) is 5.56 Å². The van der Waals surface area contributed by atoms with Crippen molar-refractivity contribution in [2.24, 2.45) is 5.92 Å². The SMILES string of the molecule is CNCC(C)C(=O)Nc1c(NCc2ccccc2)c(=O)[nH]c(=O)n1CCOC. The van der Waals surface area contributed by atoms with Gasteiger partial charge in [-0.15, -0.1) is 0 Å². The Balaban J connectivity index is 2.41. The van der Waals surface area contributed by atoms with Gasteiger partial charge in [0.2, 0.25) is 5.91 Å². The number of methoxy groups -OCH3 is 1. The lowest BCUT2D eigenvalue weighted by molar-refractivity contribution is -0.119. The van der Waals surface area contributed by atoms with E-state index in [-0.39, 0.29) is 36.5 Å². The number of benzene rings is 1. The summed E-state index contributed by atoms with van der Waals surface area (Å²) in [5.74, 6) is -0.514. The highest BCUT2D eigenvalue weighted by molar-refractivity contribution is 5.94. The van der Waals surface area contributed by atoms with Gasteiger partial charge in [-0.25, -0.2) is 4.79 Å². The van der Waals surface area contributed by atoms with Gasteiger partial charge in [0.15, 0.2) is 0 Å². The molecule has 1 aromatic carbocycles. The van der Waals surface area contributed by atoms with Crippen molar-refractivity contribution in [2.45, 2.75) is 20.0 Å². The van der Waals surface area contributed by atoms with Gasteiger partial charge < -0.3 is 20.7 Å². The summed E-state index contributed by atoms with van der Waals surface area (Å²) < 4.78 is 6.35. The molecule has 0 fully saturated rings. The Labute approximate surface area is 163 Å². The molecular weight excluding hydrogens is 362 g/mol. The number of carbonyl (C=O) groups is 1.